The molecule has 0 aliphatic heterocycles. The highest BCUT2D eigenvalue weighted by molar-refractivity contribution is 5.72. The Morgan fingerprint density at radius 3 is 2.50 bits per heavy atom. The molecule has 0 spiro atoms. The van der Waals surface area contributed by atoms with E-state index in [-0.39, 0.29) is 11.2 Å². The molecule has 2 aromatic rings. The van der Waals surface area contributed by atoms with E-state index >= 15 is 0 Å². The zero-order valence-electron chi connectivity index (χ0n) is 10.7. The summed E-state index contributed by atoms with van der Waals surface area (Å²) in [6.45, 7) is 6.05. The molecule has 0 aliphatic carbocycles. The first-order valence-corrected chi connectivity index (χ1v) is 5.77. The van der Waals surface area contributed by atoms with Crippen LogP contribution in [0.5, 0.6) is 0 Å². The van der Waals surface area contributed by atoms with Crippen LogP contribution < -0.4 is 5.73 Å². The minimum Gasteiger partial charge on any atom is -0.383 e. The molecule has 0 aliphatic rings. The predicted molar refractivity (Wildman–Crippen MR) is 70.5 cm³/mol. The molecule has 1 heterocycles. The first-order valence-electron chi connectivity index (χ1n) is 5.77. The normalized spacial score (nSPS) is 11.6. The van der Waals surface area contributed by atoms with Crippen LogP contribution in [0.3, 0.4) is 0 Å². The number of nitrogen functional groups attached to an aromatic ring is 1. The number of benzene rings is 1. The molecule has 1 aromatic carbocycles. The molecule has 0 saturated carbocycles. The highest BCUT2D eigenvalue weighted by atomic mass is 19.1. The van der Waals surface area contributed by atoms with E-state index in [1.165, 1.54) is 12.1 Å². The zero-order chi connectivity index (χ0) is 13.3. The number of hydrogen-bond donors (Lipinski definition) is 1. The number of nitrogens with zero attached hydrogens (tertiary/aromatic N) is 2. The molecule has 2 rings (SSSR count). The average molecular weight is 245 g/mol. The van der Waals surface area contributed by atoms with Crippen molar-refractivity contribution < 1.29 is 4.39 Å². The van der Waals surface area contributed by atoms with Crippen LogP contribution in [0, 0.1) is 5.82 Å². The largest absolute Gasteiger partial charge is 0.383 e. The van der Waals surface area contributed by atoms with E-state index in [9.17, 15) is 4.39 Å². The van der Waals surface area contributed by atoms with E-state index in [0.717, 1.165) is 0 Å². The molecular formula is C14H16FN3. The summed E-state index contributed by atoms with van der Waals surface area (Å²) in [6.07, 6.45) is 1.65. The summed E-state index contributed by atoms with van der Waals surface area (Å²) in [5, 5.41) is 0. The van der Waals surface area contributed by atoms with Gasteiger partial charge in [-0.3, -0.25) is 0 Å². The molecule has 1 aromatic heterocycles. The summed E-state index contributed by atoms with van der Waals surface area (Å²) in [4.78, 5) is 8.60. The van der Waals surface area contributed by atoms with E-state index < -0.39 is 0 Å². The molecule has 3 nitrogen and oxygen atoms in total. The van der Waals surface area contributed by atoms with Crippen LogP contribution in [-0.4, -0.2) is 9.97 Å². The number of rotatable bonds is 1. The topological polar surface area (TPSA) is 51.8 Å². The van der Waals surface area contributed by atoms with Crippen molar-refractivity contribution in [2.75, 3.05) is 5.73 Å². The highest BCUT2D eigenvalue weighted by Crippen LogP contribution is 2.27. The smallest absolute Gasteiger partial charge is 0.136 e. The zero-order valence-corrected chi connectivity index (χ0v) is 10.7. The Morgan fingerprint density at radius 2 is 1.94 bits per heavy atom. The fourth-order valence-corrected chi connectivity index (χ4v) is 1.63. The van der Waals surface area contributed by atoms with Crippen molar-refractivity contribution in [3.05, 3.63) is 42.1 Å². The van der Waals surface area contributed by atoms with Crippen LogP contribution in [0.25, 0.3) is 11.1 Å². The van der Waals surface area contributed by atoms with E-state index in [1.54, 1.807) is 18.3 Å². The lowest BCUT2D eigenvalue weighted by Gasteiger charge is -2.17. The molecule has 0 saturated heterocycles. The second-order valence-corrected chi connectivity index (χ2v) is 5.25. The van der Waals surface area contributed by atoms with Crippen LogP contribution in [0.1, 0.15) is 26.6 Å². The standard InChI is InChI=1S/C14H16FN3/c1-14(2,3)13-17-8-11(12(16)18-13)9-5-4-6-10(15)7-9/h4-8H,1-3H3,(H2,16,17,18). The molecule has 0 atom stereocenters. The Morgan fingerprint density at radius 1 is 1.22 bits per heavy atom. The number of nitrogens with two attached hydrogens (primary N) is 1. The number of halogens is 1. The average Bonchev–Trinajstić information content (AvgIpc) is 2.27. The first-order chi connectivity index (χ1) is 8.38. The van der Waals surface area contributed by atoms with Gasteiger partial charge in [0.25, 0.3) is 0 Å². The van der Waals surface area contributed by atoms with Gasteiger partial charge in [-0.1, -0.05) is 32.9 Å². The molecular weight excluding hydrogens is 229 g/mol. The lowest BCUT2D eigenvalue weighted by atomic mass is 9.95. The molecule has 0 unspecified atom stereocenters. The Kier molecular flexibility index (Phi) is 3.03. The fourth-order valence-electron chi connectivity index (χ4n) is 1.63. The molecule has 18 heavy (non-hydrogen) atoms. The third-order valence-corrected chi connectivity index (χ3v) is 2.62. The molecule has 0 bridgehead atoms. The van der Waals surface area contributed by atoms with Gasteiger partial charge in [0.05, 0.1) is 0 Å². The van der Waals surface area contributed by atoms with Gasteiger partial charge in [-0.15, -0.1) is 0 Å². The van der Waals surface area contributed by atoms with E-state index in [0.29, 0.717) is 22.8 Å². The third kappa shape index (κ3) is 2.47. The van der Waals surface area contributed by atoms with Crippen LogP contribution in [0.4, 0.5) is 10.2 Å². The van der Waals surface area contributed by atoms with Gasteiger partial charge in [-0.2, -0.15) is 0 Å². The summed E-state index contributed by atoms with van der Waals surface area (Å²) in [5.41, 5.74) is 7.11. The van der Waals surface area contributed by atoms with Gasteiger partial charge in [0.2, 0.25) is 0 Å². The van der Waals surface area contributed by atoms with Crippen molar-refractivity contribution in [2.24, 2.45) is 0 Å². The van der Waals surface area contributed by atoms with Crippen LogP contribution in [0.2, 0.25) is 0 Å². The van der Waals surface area contributed by atoms with Crippen molar-refractivity contribution >= 4 is 5.82 Å². The van der Waals surface area contributed by atoms with E-state index in [2.05, 4.69) is 9.97 Å². The van der Waals surface area contributed by atoms with Crippen LogP contribution in [-0.2, 0) is 5.41 Å². The minimum absolute atomic E-state index is 0.158. The van der Waals surface area contributed by atoms with E-state index in [4.69, 9.17) is 5.73 Å². The summed E-state index contributed by atoms with van der Waals surface area (Å²) in [5.74, 6) is 0.757. The maximum atomic E-state index is 13.2. The van der Waals surface area contributed by atoms with E-state index in [1.807, 2.05) is 20.8 Å². The van der Waals surface area contributed by atoms with Crippen molar-refractivity contribution in [3.8, 4) is 11.1 Å². The van der Waals surface area contributed by atoms with Gasteiger partial charge < -0.3 is 5.73 Å². The minimum atomic E-state index is -0.299. The molecule has 0 fully saturated rings. The van der Waals surface area contributed by atoms with Crippen molar-refractivity contribution in [2.45, 2.75) is 26.2 Å². The van der Waals surface area contributed by atoms with Crippen molar-refractivity contribution in [1.29, 1.82) is 0 Å². The molecule has 2 N–H and O–H groups in total. The quantitative estimate of drug-likeness (QED) is 0.839. The SMILES string of the molecule is CC(C)(C)c1ncc(-c2cccc(F)c2)c(N)n1. The van der Waals surface area contributed by atoms with Crippen molar-refractivity contribution in [3.63, 3.8) is 0 Å². The monoisotopic (exact) mass is 245 g/mol. The lowest BCUT2D eigenvalue weighted by molar-refractivity contribution is 0.546. The summed E-state index contributed by atoms with van der Waals surface area (Å²) in [6, 6.07) is 6.24. The molecule has 4 heteroatoms. The lowest BCUT2D eigenvalue weighted by Crippen LogP contribution is -2.17. The van der Waals surface area contributed by atoms with Crippen LogP contribution in [0.15, 0.2) is 30.5 Å². The Hall–Kier alpha value is -1.97. The van der Waals surface area contributed by atoms with Gasteiger partial charge in [0.15, 0.2) is 0 Å². The summed E-state index contributed by atoms with van der Waals surface area (Å²) in [7, 11) is 0. The number of aromatic nitrogens is 2. The number of anilines is 1. The van der Waals surface area contributed by atoms with Gasteiger partial charge in [-0.05, 0) is 17.7 Å². The summed E-state index contributed by atoms with van der Waals surface area (Å²) < 4.78 is 13.2. The maximum Gasteiger partial charge on any atom is 0.136 e. The van der Waals surface area contributed by atoms with Gasteiger partial charge in [0.1, 0.15) is 17.5 Å². The molecule has 0 amide bonds. The Labute approximate surface area is 106 Å². The first kappa shape index (κ1) is 12.5. The van der Waals surface area contributed by atoms with Gasteiger partial charge in [0, 0.05) is 17.2 Å². The van der Waals surface area contributed by atoms with Crippen molar-refractivity contribution in [1.82, 2.24) is 9.97 Å². The highest BCUT2D eigenvalue weighted by Gasteiger charge is 2.18. The summed E-state index contributed by atoms with van der Waals surface area (Å²) >= 11 is 0. The van der Waals surface area contributed by atoms with Gasteiger partial charge >= 0.3 is 0 Å². The third-order valence-electron chi connectivity index (χ3n) is 2.62. The maximum absolute atomic E-state index is 13.2. The molecule has 0 radical (unpaired) electrons. The molecule has 94 valence electrons. The fraction of sp³-hybridized carbons (Fsp3) is 0.286. The predicted octanol–water partition coefficient (Wildman–Crippen LogP) is 3.16. The second kappa shape index (κ2) is 4.37. The Bertz CT molecular complexity index is 573. The van der Waals surface area contributed by atoms with Crippen LogP contribution >= 0.6 is 0 Å². The Balaban J connectivity index is 2.48. The second-order valence-electron chi connectivity index (χ2n) is 5.25. The number of hydrogen-bond acceptors (Lipinski definition) is 3. The van der Waals surface area contributed by atoms with Gasteiger partial charge in [-0.25, -0.2) is 14.4 Å².